The van der Waals surface area contributed by atoms with Crippen LogP contribution in [0.25, 0.3) is 0 Å². The molecule has 2 N–H and O–H groups in total. The zero-order valence-corrected chi connectivity index (χ0v) is 10.6. The summed E-state index contributed by atoms with van der Waals surface area (Å²) < 4.78 is 5.44. The Morgan fingerprint density at radius 3 is 2.71 bits per heavy atom. The first-order valence-electron chi connectivity index (χ1n) is 5.80. The van der Waals surface area contributed by atoms with Crippen molar-refractivity contribution in [2.75, 3.05) is 20.2 Å². The Bertz CT molecular complexity index is 379. The molecule has 0 aliphatic heterocycles. The lowest BCUT2D eigenvalue weighted by molar-refractivity contribution is 0.0744. The Labute approximate surface area is 102 Å². The van der Waals surface area contributed by atoms with Crippen LogP contribution in [0.3, 0.4) is 0 Å². The van der Waals surface area contributed by atoms with E-state index < -0.39 is 0 Å². The van der Waals surface area contributed by atoms with Gasteiger partial charge in [0.1, 0.15) is 5.75 Å². The standard InChI is InChI=1S/C13H20N2O2/c1-4-17-12-8-6-5-7-11(12)13(16)15(3)10(2)9-14/h5-8,10H,4,9,14H2,1-3H3. The summed E-state index contributed by atoms with van der Waals surface area (Å²) in [5.41, 5.74) is 6.14. The third-order valence-corrected chi connectivity index (χ3v) is 2.74. The molecule has 1 rings (SSSR count). The maximum atomic E-state index is 12.2. The van der Waals surface area contributed by atoms with Gasteiger partial charge in [0.05, 0.1) is 12.2 Å². The number of rotatable bonds is 5. The molecule has 0 aromatic heterocycles. The molecule has 0 heterocycles. The van der Waals surface area contributed by atoms with Crippen molar-refractivity contribution >= 4 is 5.91 Å². The molecule has 1 aromatic rings. The smallest absolute Gasteiger partial charge is 0.257 e. The number of nitrogens with two attached hydrogens (primary N) is 1. The number of para-hydroxylation sites is 1. The van der Waals surface area contributed by atoms with Crippen molar-refractivity contribution in [2.24, 2.45) is 5.73 Å². The topological polar surface area (TPSA) is 55.6 Å². The van der Waals surface area contributed by atoms with E-state index in [4.69, 9.17) is 10.5 Å². The van der Waals surface area contributed by atoms with Crippen LogP contribution in [-0.2, 0) is 0 Å². The fourth-order valence-corrected chi connectivity index (χ4v) is 1.47. The molecule has 1 aromatic carbocycles. The summed E-state index contributed by atoms with van der Waals surface area (Å²) in [6, 6.07) is 7.27. The number of likely N-dealkylation sites (N-methyl/N-ethyl adjacent to an activating group) is 1. The number of hydrogen-bond acceptors (Lipinski definition) is 3. The minimum atomic E-state index is -0.0630. The molecule has 0 saturated heterocycles. The SMILES string of the molecule is CCOc1ccccc1C(=O)N(C)C(C)CN. The van der Waals surface area contributed by atoms with Gasteiger partial charge in [0.15, 0.2) is 0 Å². The lowest BCUT2D eigenvalue weighted by Gasteiger charge is -2.24. The molecule has 0 radical (unpaired) electrons. The van der Waals surface area contributed by atoms with Gasteiger partial charge in [-0.15, -0.1) is 0 Å². The van der Waals surface area contributed by atoms with E-state index in [1.807, 2.05) is 26.0 Å². The highest BCUT2D eigenvalue weighted by Gasteiger charge is 2.19. The third kappa shape index (κ3) is 3.20. The Balaban J connectivity index is 2.95. The Hall–Kier alpha value is -1.55. The van der Waals surface area contributed by atoms with Gasteiger partial charge in [-0.1, -0.05) is 12.1 Å². The molecule has 4 nitrogen and oxygen atoms in total. The van der Waals surface area contributed by atoms with Crippen LogP contribution in [-0.4, -0.2) is 37.0 Å². The zero-order valence-electron chi connectivity index (χ0n) is 10.6. The van der Waals surface area contributed by atoms with Gasteiger partial charge in [-0.2, -0.15) is 0 Å². The van der Waals surface area contributed by atoms with Crippen LogP contribution >= 0.6 is 0 Å². The first kappa shape index (κ1) is 13.5. The normalized spacial score (nSPS) is 12.0. The molecule has 1 amide bonds. The summed E-state index contributed by atoms with van der Waals surface area (Å²) in [6.45, 7) is 4.80. The number of hydrogen-bond donors (Lipinski definition) is 1. The summed E-state index contributed by atoms with van der Waals surface area (Å²) in [7, 11) is 1.75. The molecule has 1 unspecified atom stereocenters. The van der Waals surface area contributed by atoms with Gasteiger partial charge >= 0.3 is 0 Å². The van der Waals surface area contributed by atoms with Gasteiger partial charge in [0.2, 0.25) is 0 Å². The van der Waals surface area contributed by atoms with Crippen LogP contribution in [0.5, 0.6) is 5.75 Å². The maximum Gasteiger partial charge on any atom is 0.257 e. The zero-order chi connectivity index (χ0) is 12.8. The maximum absolute atomic E-state index is 12.2. The van der Waals surface area contributed by atoms with E-state index in [1.54, 1.807) is 24.1 Å². The largest absolute Gasteiger partial charge is 0.493 e. The summed E-state index contributed by atoms with van der Waals surface area (Å²) >= 11 is 0. The lowest BCUT2D eigenvalue weighted by Crippen LogP contribution is -2.39. The molecule has 4 heteroatoms. The second-order valence-corrected chi connectivity index (χ2v) is 3.93. The van der Waals surface area contributed by atoms with Gasteiger partial charge in [0.25, 0.3) is 5.91 Å². The second kappa shape index (κ2) is 6.25. The van der Waals surface area contributed by atoms with Crippen molar-refractivity contribution in [3.63, 3.8) is 0 Å². The van der Waals surface area contributed by atoms with Crippen LogP contribution < -0.4 is 10.5 Å². The van der Waals surface area contributed by atoms with Crippen LogP contribution in [0.1, 0.15) is 24.2 Å². The molecule has 0 spiro atoms. The van der Waals surface area contributed by atoms with Gasteiger partial charge in [-0.05, 0) is 26.0 Å². The number of nitrogens with zero attached hydrogens (tertiary/aromatic N) is 1. The number of amides is 1. The van der Waals surface area contributed by atoms with Crippen molar-refractivity contribution in [1.29, 1.82) is 0 Å². The summed E-state index contributed by atoms with van der Waals surface area (Å²) in [5.74, 6) is 0.558. The van der Waals surface area contributed by atoms with E-state index in [0.29, 0.717) is 24.5 Å². The van der Waals surface area contributed by atoms with Crippen LogP contribution in [0.4, 0.5) is 0 Å². The van der Waals surface area contributed by atoms with E-state index in [1.165, 1.54) is 0 Å². The van der Waals surface area contributed by atoms with Gasteiger partial charge in [0, 0.05) is 19.6 Å². The first-order valence-corrected chi connectivity index (χ1v) is 5.80. The highest BCUT2D eigenvalue weighted by Crippen LogP contribution is 2.20. The predicted molar refractivity (Wildman–Crippen MR) is 68.2 cm³/mol. The van der Waals surface area contributed by atoms with E-state index in [9.17, 15) is 4.79 Å². The van der Waals surface area contributed by atoms with E-state index in [0.717, 1.165) is 0 Å². The van der Waals surface area contributed by atoms with E-state index in [-0.39, 0.29) is 11.9 Å². The van der Waals surface area contributed by atoms with Crippen molar-refractivity contribution < 1.29 is 9.53 Å². The molecular formula is C13H20N2O2. The molecule has 0 saturated carbocycles. The number of carbonyl (C=O) groups excluding carboxylic acids is 1. The molecular weight excluding hydrogens is 216 g/mol. The third-order valence-electron chi connectivity index (χ3n) is 2.74. The Morgan fingerprint density at radius 1 is 1.47 bits per heavy atom. The predicted octanol–water partition coefficient (Wildman–Crippen LogP) is 1.50. The second-order valence-electron chi connectivity index (χ2n) is 3.93. The molecule has 0 aliphatic carbocycles. The number of ether oxygens (including phenoxy) is 1. The quantitative estimate of drug-likeness (QED) is 0.843. The van der Waals surface area contributed by atoms with Gasteiger partial charge < -0.3 is 15.4 Å². The van der Waals surface area contributed by atoms with E-state index in [2.05, 4.69) is 0 Å². The summed E-state index contributed by atoms with van der Waals surface area (Å²) in [6.07, 6.45) is 0. The Kier molecular flexibility index (Phi) is 4.97. The molecule has 0 aliphatic rings. The fourth-order valence-electron chi connectivity index (χ4n) is 1.47. The van der Waals surface area contributed by atoms with Crippen molar-refractivity contribution in [3.8, 4) is 5.75 Å². The molecule has 17 heavy (non-hydrogen) atoms. The highest BCUT2D eigenvalue weighted by atomic mass is 16.5. The summed E-state index contributed by atoms with van der Waals surface area (Å²) in [5, 5.41) is 0. The number of benzene rings is 1. The molecule has 94 valence electrons. The van der Waals surface area contributed by atoms with Gasteiger partial charge in [-0.3, -0.25) is 4.79 Å². The molecule has 0 bridgehead atoms. The molecule has 1 atom stereocenters. The Morgan fingerprint density at radius 2 is 2.12 bits per heavy atom. The van der Waals surface area contributed by atoms with Crippen LogP contribution in [0, 0.1) is 0 Å². The molecule has 0 fully saturated rings. The minimum absolute atomic E-state index is 0.0113. The van der Waals surface area contributed by atoms with Gasteiger partial charge in [-0.25, -0.2) is 0 Å². The number of carbonyl (C=O) groups is 1. The van der Waals surface area contributed by atoms with E-state index >= 15 is 0 Å². The average Bonchev–Trinajstić information content (AvgIpc) is 2.37. The minimum Gasteiger partial charge on any atom is -0.493 e. The van der Waals surface area contributed by atoms with Crippen LogP contribution in [0.2, 0.25) is 0 Å². The first-order chi connectivity index (χ1) is 8.11. The monoisotopic (exact) mass is 236 g/mol. The highest BCUT2D eigenvalue weighted by molar-refractivity contribution is 5.96. The van der Waals surface area contributed by atoms with Crippen molar-refractivity contribution in [3.05, 3.63) is 29.8 Å². The van der Waals surface area contributed by atoms with Crippen molar-refractivity contribution in [1.82, 2.24) is 4.90 Å². The fraction of sp³-hybridized carbons (Fsp3) is 0.462. The van der Waals surface area contributed by atoms with Crippen molar-refractivity contribution in [2.45, 2.75) is 19.9 Å². The average molecular weight is 236 g/mol. The summed E-state index contributed by atoms with van der Waals surface area (Å²) in [4.78, 5) is 13.9. The lowest BCUT2D eigenvalue weighted by atomic mass is 10.1. The van der Waals surface area contributed by atoms with Crippen LogP contribution in [0.15, 0.2) is 24.3 Å².